The van der Waals surface area contributed by atoms with Crippen LogP contribution in [0.3, 0.4) is 0 Å². The molecule has 0 radical (unpaired) electrons. The lowest BCUT2D eigenvalue weighted by Gasteiger charge is -2.35. The molecule has 0 saturated carbocycles. The molecule has 3 amide bonds. The van der Waals surface area contributed by atoms with E-state index >= 15 is 0 Å². The minimum Gasteiger partial charge on any atom is -0.464 e. The van der Waals surface area contributed by atoms with Gasteiger partial charge in [0.15, 0.2) is 17.0 Å². The molecule has 0 spiro atoms. The molecule has 21 heavy (non-hydrogen) atoms. The Labute approximate surface area is 130 Å². The highest BCUT2D eigenvalue weighted by molar-refractivity contribution is 9.18. The van der Waals surface area contributed by atoms with E-state index in [1.54, 1.807) is 11.9 Å². The molecule has 0 aliphatic carbocycles. The Morgan fingerprint density at radius 1 is 1.48 bits per heavy atom. The molecule has 0 aromatic heterocycles. The van der Waals surface area contributed by atoms with Crippen molar-refractivity contribution in [3.05, 3.63) is 0 Å². The molecule has 1 N–H and O–H groups in total. The average Bonchev–Trinajstić information content (AvgIpc) is 2.74. The van der Waals surface area contributed by atoms with E-state index in [4.69, 9.17) is 4.74 Å². The number of urea groups is 1. The number of hydrogen-bond donors (Lipinski definition) is 1. The van der Waals surface area contributed by atoms with Crippen molar-refractivity contribution < 1.29 is 19.1 Å². The third-order valence-electron chi connectivity index (χ3n) is 3.36. The second-order valence-corrected chi connectivity index (χ2v) is 5.54. The van der Waals surface area contributed by atoms with Gasteiger partial charge in [0.2, 0.25) is 0 Å². The lowest BCUT2D eigenvalue weighted by Crippen LogP contribution is -2.63. The van der Waals surface area contributed by atoms with Gasteiger partial charge in [0, 0.05) is 13.5 Å². The van der Waals surface area contributed by atoms with Crippen molar-refractivity contribution in [2.75, 3.05) is 20.2 Å². The van der Waals surface area contributed by atoms with E-state index in [0.29, 0.717) is 17.7 Å². The fraction of sp³-hybridized carbons (Fsp3) is 0.667. The van der Waals surface area contributed by atoms with Crippen LogP contribution in [-0.4, -0.2) is 64.9 Å². The van der Waals surface area contributed by atoms with Crippen LogP contribution in [0, 0.1) is 0 Å². The maximum absolute atomic E-state index is 12.0. The predicted octanol–water partition coefficient (Wildman–Crippen LogP) is 0.273. The smallest absolute Gasteiger partial charge is 0.325 e. The van der Waals surface area contributed by atoms with Crippen molar-refractivity contribution in [2.24, 2.45) is 4.99 Å². The van der Waals surface area contributed by atoms with Gasteiger partial charge >= 0.3 is 12.0 Å². The van der Waals surface area contributed by atoms with Gasteiger partial charge in [-0.2, -0.15) is 0 Å². The molecule has 0 aromatic rings. The Morgan fingerprint density at radius 2 is 2.19 bits per heavy atom. The number of aliphatic imine (C=N–C) groups is 1. The van der Waals surface area contributed by atoms with Gasteiger partial charge in [-0.05, 0) is 22.4 Å². The molecule has 2 atom stereocenters. The van der Waals surface area contributed by atoms with Gasteiger partial charge in [-0.1, -0.05) is 6.92 Å². The summed E-state index contributed by atoms with van der Waals surface area (Å²) in [7, 11) is 1.58. The van der Waals surface area contributed by atoms with Crippen molar-refractivity contribution >= 4 is 38.6 Å². The SMILES string of the molecule is CCCC(=O)OCCN1C(Br)=NC2C1C(=O)NC(=O)N2C. The zero-order valence-electron chi connectivity index (χ0n) is 11.8. The maximum Gasteiger partial charge on any atom is 0.325 e. The van der Waals surface area contributed by atoms with Gasteiger partial charge in [-0.25, -0.2) is 9.79 Å². The Hall–Kier alpha value is -1.64. The topological polar surface area (TPSA) is 91.3 Å². The van der Waals surface area contributed by atoms with Crippen LogP contribution in [0.25, 0.3) is 0 Å². The molecule has 0 aromatic carbocycles. The van der Waals surface area contributed by atoms with Crippen LogP contribution in [0.1, 0.15) is 19.8 Å². The monoisotopic (exact) mass is 360 g/mol. The first-order valence-corrected chi connectivity index (χ1v) is 7.48. The number of amides is 3. The number of carbonyl (C=O) groups excluding carboxylic acids is 3. The molecule has 2 aliphatic heterocycles. The summed E-state index contributed by atoms with van der Waals surface area (Å²) in [6.07, 6.45) is 0.541. The van der Waals surface area contributed by atoms with Gasteiger partial charge in [-0.3, -0.25) is 14.9 Å². The lowest BCUT2D eigenvalue weighted by atomic mass is 10.1. The average molecular weight is 361 g/mol. The molecular weight excluding hydrogens is 344 g/mol. The summed E-state index contributed by atoms with van der Waals surface area (Å²) in [5.41, 5.74) is 0. The first-order chi connectivity index (χ1) is 9.95. The van der Waals surface area contributed by atoms with Gasteiger partial charge in [0.25, 0.3) is 5.91 Å². The summed E-state index contributed by atoms with van der Waals surface area (Å²) in [5.74, 6) is -0.664. The van der Waals surface area contributed by atoms with Crippen LogP contribution in [0.4, 0.5) is 4.79 Å². The number of esters is 1. The molecule has 116 valence electrons. The van der Waals surface area contributed by atoms with Crippen LogP contribution in [0.2, 0.25) is 0 Å². The quantitative estimate of drug-likeness (QED) is 0.561. The first-order valence-electron chi connectivity index (χ1n) is 6.69. The molecule has 0 bridgehead atoms. The number of carbonyl (C=O) groups is 3. The molecule has 1 fully saturated rings. The number of ether oxygens (including phenoxy) is 1. The van der Waals surface area contributed by atoms with E-state index in [0.717, 1.165) is 6.42 Å². The molecule has 8 nitrogen and oxygen atoms in total. The minimum atomic E-state index is -0.605. The summed E-state index contributed by atoms with van der Waals surface area (Å²) >= 11 is 3.29. The molecular formula is C12H17BrN4O4. The van der Waals surface area contributed by atoms with E-state index in [2.05, 4.69) is 26.2 Å². The Balaban J connectivity index is 1.98. The van der Waals surface area contributed by atoms with Crippen LogP contribution in [-0.2, 0) is 14.3 Å². The largest absolute Gasteiger partial charge is 0.464 e. The van der Waals surface area contributed by atoms with Crippen LogP contribution < -0.4 is 5.32 Å². The van der Waals surface area contributed by atoms with E-state index in [9.17, 15) is 14.4 Å². The Morgan fingerprint density at radius 3 is 2.86 bits per heavy atom. The number of rotatable bonds is 5. The highest BCUT2D eigenvalue weighted by Crippen LogP contribution is 2.25. The van der Waals surface area contributed by atoms with Gasteiger partial charge in [-0.15, -0.1) is 0 Å². The number of amidine groups is 1. The molecule has 1 saturated heterocycles. The van der Waals surface area contributed by atoms with Gasteiger partial charge < -0.3 is 14.5 Å². The second-order valence-electron chi connectivity index (χ2n) is 4.83. The highest BCUT2D eigenvalue weighted by atomic mass is 79.9. The number of hydrogen-bond acceptors (Lipinski definition) is 6. The molecule has 2 heterocycles. The van der Waals surface area contributed by atoms with Gasteiger partial charge in [0.1, 0.15) is 6.61 Å². The zero-order chi connectivity index (χ0) is 15.6. The number of fused-ring (bicyclic) bond motifs is 1. The fourth-order valence-electron chi connectivity index (χ4n) is 2.26. The zero-order valence-corrected chi connectivity index (χ0v) is 13.4. The van der Waals surface area contributed by atoms with E-state index in [1.165, 1.54) is 4.90 Å². The summed E-state index contributed by atoms with van der Waals surface area (Å²) in [6, 6.07) is -1.08. The Bertz CT molecular complexity index is 496. The summed E-state index contributed by atoms with van der Waals surface area (Å²) in [5, 5.41) is 2.27. The van der Waals surface area contributed by atoms with Crippen molar-refractivity contribution in [1.82, 2.24) is 15.1 Å². The number of likely N-dealkylation sites (N-methyl/N-ethyl adjacent to an activating group) is 1. The first kappa shape index (κ1) is 15.7. The van der Waals surface area contributed by atoms with E-state index in [-0.39, 0.29) is 12.6 Å². The fourth-order valence-corrected chi connectivity index (χ4v) is 2.87. The van der Waals surface area contributed by atoms with Crippen molar-refractivity contribution in [2.45, 2.75) is 32.0 Å². The summed E-state index contributed by atoms with van der Waals surface area (Å²) < 4.78 is 5.56. The summed E-state index contributed by atoms with van der Waals surface area (Å²) in [6.45, 7) is 2.39. The van der Waals surface area contributed by atoms with Crippen LogP contribution in [0.5, 0.6) is 0 Å². The highest BCUT2D eigenvalue weighted by Gasteiger charge is 2.47. The van der Waals surface area contributed by atoms with Crippen molar-refractivity contribution in [3.8, 4) is 0 Å². The number of nitrogens with one attached hydrogen (secondary N) is 1. The number of halogens is 1. The molecule has 2 aliphatic rings. The normalized spacial score (nSPS) is 24.6. The van der Waals surface area contributed by atoms with E-state index < -0.39 is 24.1 Å². The van der Waals surface area contributed by atoms with Crippen LogP contribution >= 0.6 is 15.9 Å². The third-order valence-corrected chi connectivity index (χ3v) is 4.02. The van der Waals surface area contributed by atoms with Crippen molar-refractivity contribution in [1.29, 1.82) is 0 Å². The number of nitrogens with zero attached hydrogens (tertiary/aromatic N) is 3. The van der Waals surface area contributed by atoms with Crippen molar-refractivity contribution in [3.63, 3.8) is 0 Å². The van der Waals surface area contributed by atoms with Crippen LogP contribution in [0.15, 0.2) is 4.99 Å². The lowest BCUT2D eigenvalue weighted by molar-refractivity contribution is -0.144. The predicted molar refractivity (Wildman–Crippen MR) is 77.8 cm³/mol. The standard InChI is InChI=1S/C12H17BrN4O4/c1-3-4-7(18)21-6-5-17-8-9(14-11(17)13)16(2)12(20)15-10(8)19/h8-9H,3-6H2,1-2H3,(H,15,19,20). The third kappa shape index (κ3) is 3.17. The Kier molecular flexibility index (Phi) is 4.81. The second kappa shape index (κ2) is 6.42. The van der Waals surface area contributed by atoms with E-state index in [1.807, 2.05) is 6.92 Å². The number of imide groups is 1. The summed E-state index contributed by atoms with van der Waals surface area (Å²) in [4.78, 5) is 42.2. The minimum absolute atomic E-state index is 0.164. The molecule has 2 rings (SSSR count). The molecule has 2 unspecified atom stereocenters. The maximum atomic E-state index is 12.0. The molecule has 9 heteroatoms. The van der Waals surface area contributed by atoms with Gasteiger partial charge in [0.05, 0.1) is 6.54 Å².